The van der Waals surface area contributed by atoms with E-state index in [9.17, 15) is 18.0 Å². The van der Waals surface area contributed by atoms with E-state index in [0.717, 1.165) is 12.8 Å². The lowest BCUT2D eigenvalue weighted by molar-refractivity contribution is -0.143. The Morgan fingerprint density at radius 2 is 1.95 bits per heavy atom. The number of likely N-dealkylation sites (tertiary alicyclic amines) is 2. The molecular formula is C14H24F3N3O2. The summed E-state index contributed by atoms with van der Waals surface area (Å²) in [5, 5.41) is 12.0. The Labute approximate surface area is 128 Å². The highest BCUT2D eigenvalue weighted by Gasteiger charge is 2.34. The van der Waals surface area contributed by atoms with Crippen molar-refractivity contribution in [3.8, 4) is 0 Å². The molecule has 0 aliphatic carbocycles. The third-order valence-corrected chi connectivity index (χ3v) is 4.38. The van der Waals surface area contributed by atoms with Gasteiger partial charge in [0.25, 0.3) is 0 Å². The van der Waals surface area contributed by atoms with E-state index >= 15 is 0 Å². The number of hydrogen-bond acceptors (Lipinski definition) is 3. The maximum atomic E-state index is 12.3. The molecule has 2 fully saturated rings. The average Bonchev–Trinajstić information content (AvgIpc) is 2.90. The molecule has 0 radical (unpaired) electrons. The fourth-order valence-electron chi connectivity index (χ4n) is 3.22. The second-order valence-corrected chi connectivity index (χ2v) is 6.33. The first-order valence-electron chi connectivity index (χ1n) is 7.80. The number of nitrogens with zero attached hydrogens (tertiary/aromatic N) is 2. The van der Waals surface area contributed by atoms with E-state index < -0.39 is 12.7 Å². The molecule has 2 unspecified atom stereocenters. The van der Waals surface area contributed by atoms with E-state index in [4.69, 9.17) is 5.11 Å². The topological polar surface area (TPSA) is 55.8 Å². The molecule has 5 nitrogen and oxygen atoms in total. The number of halogens is 3. The van der Waals surface area contributed by atoms with E-state index in [0.29, 0.717) is 39.1 Å². The highest BCUT2D eigenvalue weighted by Crippen LogP contribution is 2.22. The largest absolute Gasteiger partial charge is 0.401 e. The summed E-state index contributed by atoms with van der Waals surface area (Å²) < 4.78 is 37.0. The van der Waals surface area contributed by atoms with E-state index in [2.05, 4.69) is 5.32 Å². The van der Waals surface area contributed by atoms with Gasteiger partial charge in [0.05, 0.1) is 6.54 Å². The van der Waals surface area contributed by atoms with Crippen molar-refractivity contribution in [1.82, 2.24) is 15.1 Å². The number of carbonyl (C=O) groups is 1. The molecule has 2 atom stereocenters. The molecule has 128 valence electrons. The molecule has 2 N–H and O–H groups in total. The standard InChI is InChI=1S/C14H24F3N3O2/c15-14(16,17)10-19-5-3-11(7-19)6-18-13(22)20-4-1-2-12(8-20)9-21/h11-12,21H,1-10H2,(H,18,22). The molecule has 0 bridgehead atoms. The summed E-state index contributed by atoms with van der Waals surface area (Å²) in [6, 6.07) is -0.174. The molecule has 22 heavy (non-hydrogen) atoms. The molecule has 0 spiro atoms. The van der Waals surface area contributed by atoms with Crippen molar-refractivity contribution >= 4 is 6.03 Å². The lowest BCUT2D eigenvalue weighted by atomic mass is 9.99. The Morgan fingerprint density at radius 1 is 1.18 bits per heavy atom. The van der Waals surface area contributed by atoms with Crippen molar-refractivity contribution < 1.29 is 23.1 Å². The third-order valence-electron chi connectivity index (χ3n) is 4.38. The number of nitrogens with one attached hydrogen (secondary N) is 1. The number of alkyl halides is 3. The van der Waals surface area contributed by atoms with Crippen LogP contribution < -0.4 is 5.32 Å². The van der Waals surface area contributed by atoms with Gasteiger partial charge in [0.2, 0.25) is 0 Å². The Hall–Kier alpha value is -1.02. The molecule has 0 aromatic carbocycles. The molecule has 0 aromatic heterocycles. The van der Waals surface area contributed by atoms with Crippen LogP contribution in [0.15, 0.2) is 0 Å². The number of piperidine rings is 1. The first-order valence-corrected chi connectivity index (χ1v) is 7.80. The molecule has 2 rings (SSSR count). The number of rotatable bonds is 4. The monoisotopic (exact) mass is 323 g/mol. The van der Waals surface area contributed by atoms with Gasteiger partial charge in [-0.15, -0.1) is 0 Å². The van der Waals surface area contributed by atoms with Crippen LogP contribution in [0.3, 0.4) is 0 Å². The zero-order valence-corrected chi connectivity index (χ0v) is 12.6. The smallest absolute Gasteiger partial charge is 0.396 e. The van der Waals surface area contributed by atoms with Gasteiger partial charge in [0, 0.05) is 32.8 Å². The minimum absolute atomic E-state index is 0.0738. The highest BCUT2D eigenvalue weighted by molar-refractivity contribution is 5.74. The molecular weight excluding hydrogens is 299 g/mol. The Morgan fingerprint density at radius 3 is 2.64 bits per heavy atom. The van der Waals surface area contributed by atoms with Crippen LogP contribution in [0.4, 0.5) is 18.0 Å². The minimum Gasteiger partial charge on any atom is -0.396 e. The Balaban J connectivity index is 1.69. The summed E-state index contributed by atoms with van der Waals surface area (Å²) >= 11 is 0. The number of carbonyl (C=O) groups excluding carboxylic acids is 1. The summed E-state index contributed by atoms with van der Waals surface area (Å²) in [7, 11) is 0. The molecule has 2 amide bonds. The summed E-state index contributed by atoms with van der Waals surface area (Å²) in [4.78, 5) is 15.1. The predicted molar refractivity (Wildman–Crippen MR) is 75.4 cm³/mol. The van der Waals surface area contributed by atoms with Crippen molar-refractivity contribution in [3.63, 3.8) is 0 Å². The SMILES string of the molecule is O=C(NCC1CCN(CC(F)(F)F)C1)N1CCCC(CO)C1. The van der Waals surface area contributed by atoms with Gasteiger partial charge in [-0.05, 0) is 37.6 Å². The summed E-state index contributed by atoms with van der Waals surface area (Å²) in [6.07, 6.45) is -1.68. The second kappa shape index (κ2) is 7.50. The molecule has 2 heterocycles. The summed E-state index contributed by atoms with van der Waals surface area (Å²) in [5.41, 5.74) is 0. The molecule has 8 heteroatoms. The van der Waals surface area contributed by atoms with Crippen LogP contribution in [0.25, 0.3) is 0 Å². The normalized spacial score (nSPS) is 27.2. The molecule has 0 aromatic rings. The van der Waals surface area contributed by atoms with Crippen LogP contribution >= 0.6 is 0 Å². The quantitative estimate of drug-likeness (QED) is 0.820. The van der Waals surface area contributed by atoms with Gasteiger partial charge in [-0.1, -0.05) is 0 Å². The maximum absolute atomic E-state index is 12.3. The average molecular weight is 323 g/mol. The van der Waals surface area contributed by atoms with Crippen LogP contribution in [0.5, 0.6) is 0 Å². The van der Waals surface area contributed by atoms with Crippen LogP contribution in [-0.4, -0.2) is 73.0 Å². The second-order valence-electron chi connectivity index (χ2n) is 6.33. The van der Waals surface area contributed by atoms with Crippen molar-refractivity contribution in [3.05, 3.63) is 0 Å². The number of hydrogen-bond donors (Lipinski definition) is 2. The fourth-order valence-corrected chi connectivity index (χ4v) is 3.22. The first kappa shape index (κ1) is 17.3. The van der Waals surface area contributed by atoms with Crippen LogP contribution in [0.1, 0.15) is 19.3 Å². The van der Waals surface area contributed by atoms with Crippen LogP contribution in [0.2, 0.25) is 0 Å². The number of amides is 2. The van der Waals surface area contributed by atoms with E-state index in [1.54, 1.807) is 4.90 Å². The number of aliphatic hydroxyl groups excluding tert-OH is 1. The maximum Gasteiger partial charge on any atom is 0.401 e. The molecule has 2 aliphatic rings. The van der Waals surface area contributed by atoms with Gasteiger partial charge in [-0.2, -0.15) is 13.2 Å². The van der Waals surface area contributed by atoms with Gasteiger partial charge in [-0.25, -0.2) is 4.79 Å². The molecule has 2 aliphatic heterocycles. The van der Waals surface area contributed by atoms with E-state index in [1.165, 1.54) is 4.90 Å². The van der Waals surface area contributed by atoms with Gasteiger partial charge < -0.3 is 15.3 Å². The van der Waals surface area contributed by atoms with Gasteiger partial charge in [0.15, 0.2) is 0 Å². The predicted octanol–water partition coefficient (Wildman–Crippen LogP) is 1.28. The molecule has 2 saturated heterocycles. The van der Waals surface area contributed by atoms with Gasteiger partial charge in [-0.3, -0.25) is 4.90 Å². The third kappa shape index (κ3) is 5.31. The van der Waals surface area contributed by atoms with Crippen LogP contribution in [0, 0.1) is 11.8 Å². The Kier molecular flexibility index (Phi) is 5.91. The minimum atomic E-state index is -4.16. The van der Waals surface area contributed by atoms with Crippen molar-refractivity contribution in [2.24, 2.45) is 11.8 Å². The fraction of sp³-hybridized carbons (Fsp3) is 0.929. The van der Waals surface area contributed by atoms with E-state index in [1.807, 2.05) is 0 Å². The number of aliphatic hydroxyl groups is 1. The summed E-state index contributed by atoms with van der Waals surface area (Å²) in [5.74, 6) is 0.206. The van der Waals surface area contributed by atoms with E-state index in [-0.39, 0.29) is 24.5 Å². The van der Waals surface area contributed by atoms with Gasteiger partial charge in [0.1, 0.15) is 0 Å². The van der Waals surface area contributed by atoms with Crippen molar-refractivity contribution in [2.45, 2.75) is 25.4 Å². The van der Waals surface area contributed by atoms with Crippen molar-refractivity contribution in [1.29, 1.82) is 0 Å². The lowest BCUT2D eigenvalue weighted by Crippen LogP contribution is -2.47. The van der Waals surface area contributed by atoms with Crippen LogP contribution in [-0.2, 0) is 0 Å². The number of urea groups is 1. The lowest BCUT2D eigenvalue weighted by Gasteiger charge is -2.32. The Bertz CT molecular complexity index is 379. The summed E-state index contributed by atoms with van der Waals surface area (Å²) in [6.45, 7) is 1.64. The molecule has 0 saturated carbocycles. The highest BCUT2D eigenvalue weighted by atomic mass is 19.4. The van der Waals surface area contributed by atoms with Crippen molar-refractivity contribution in [2.75, 3.05) is 45.9 Å². The van der Waals surface area contributed by atoms with Gasteiger partial charge >= 0.3 is 12.2 Å². The zero-order valence-electron chi connectivity index (χ0n) is 12.6. The zero-order chi connectivity index (χ0) is 16.2. The first-order chi connectivity index (χ1) is 10.4.